The van der Waals surface area contributed by atoms with Crippen molar-refractivity contribution < 1.29 is 4.57 Å². The highest BCUT2D eigenvalue weighted by molar-refractivity contribution is 6.04. The zero-order valence-corrected chi connectivity index (χ0v) is 12.7. The first-order chi connectivity index (χ1) is 10.8. The fraction of sp³-hybridized carbons (Fsp3) is 0.0952. The Hall–Kier alpha value is -2.67. The highest BCUT2D eigenvalue weighted by atomic mass is 14.9. The van der Waals surface area contributed by atoms with E-state index in [9.17, 15) is 0 Å². The van der Waals surface area contributed by atoms with E-state index in [1.165, 1.54) is 32.8 Å². The predicted molar refractivity (Wildman–Crippen MR) is 91.9 cm³/mol. The topological polar surface area (TPSA) is 3.88 Å². The lowest BCUT2D eigenvalue weighted by Gasteiger charge is -2.06. The summed E-state index contributed by atoms with van der Waals surface area (Å²) < 4.78 is 2.34. The van der Waals surface area contributed by atoms with Crippen LogP contribution in [0.1, 0.15) is 11.1 Å². The predicted octanol–water partition coefficient (Wildman–Crippen LogP) is 4.64. The molecule has 0 amide bonds. The maximum absolute atomic E-state index is 2.34. The van der Waals surface area contributed by atoms with Crippen LogP contribution >= 0.6 is 0 Å². The minimum absolute atomic E-state index is 0.905. The van der Waals surface area contributed by atoms with E-state index in [1.54, 1.807) is 0 Å². The van der Waals surface area contributed by atoms with Crippen molar-refractivity contribution >= 4 is 21.7 Å². The molecule has 0 aliphatic heterocycles. The molecular weight excluding hydrogens is 266 g/mol. The molecule has 0 atom stereocenters. The average Bonchev–Trinajstić information content (AvgIpc) is 2.57. The Labute approximate surface area is 130 Å². The van der Waals surface area contributed by atoms with Crippen molar-refractivity contribution in [3.63, 3.8) is 0 Å². The first-order valence-corrected chi connectivity index (χ1v) is 7.67. The van der Waals surface area contributed by atoms with Gasteiger partial charge in [-0.3, -0.25) is 0 Å². The van der Waals surface area contributed by atoms with E-state index in [2.05, 4.69) is 90.5 Å². The highest BCUT2D eigenvalue weighted by Crippen LogP contribution is 2.23. The Morgan fingerprint density at radius 2 is 1.50 bits per heavy atom. The van der Waals surface area contributed by atoms with E-state index >= 15 is 0 Å². The van der Waals surface area contributed by atoms with Gasteiger partial charge in [0.2, 0.25) is 5.52 Å². The molecule has 1 heteroatoms. The molecule has 0 radical (unpaired) electrons. The second-order valence-electron chi connectivity index (χ2n) is 5.78. The molecule has 4 aromatic rings. The third kappa shape index (κ3) is 2.15. The van der Waals surface area contributed by atoms with E-state index in [-0.39, 0.29) is 0 Å². The van der Waals surface area contributed by atoms with E-state index < -0.39 is 0 Å². The largest absolute Gasteiger partial charge is 0.213 e. The maximum atomic E-state index is 2.34. The van der Waals surface area contributed by atoms with Gasteiger partial charge in [0, 0.05) is 17.7 Å². The smallest absolute Gasteiger partial charge is 0.194 e. The molecule has 3 aromatic carbocycles. The van der Waals surface area contributed by atoms with Gasteiger partial charge in [0.05, 0.1) is 5.39 Å². The Bertz CT molecular complexity index is 970. The number of fused-ring (bicyclic) bond motifs is 3. The lowest BCUT2D eigenvalue weighted by Crippen LogP contribution is -2.34. The monoisotopic (exact) mass is 284 g/mol. The van der Waals surface area contributed by atoms with Crippen molar-refractivity contribution in [1.82, 2.24) is 0 Å². The van der Waals surface area contributed by atoms with Gasteiger partial charge in [0.15, 0.2) is 12.7 Å². The molecule has 4 rings (SSSR count). The van der Waals surface area contributed by atoms with Crippen molar-refractivity contribution in [3.8, 4) is 0 Å². The van der Waals surface area contributed by atoms with Crippen molar-refractivity contribution in [2.45, 2.75) is 13.5 Å². The van der Waals surface area contributed by atoms with Gasteiger partial charge in [0.25, 0.3) is 0 Å². The standard InChI is InChI=1S/C21H18N/c1-16-7-2-3-9-18(16)15-22-14-6-11-20-19-10-5-4-8-17(19)12-13-21(20)22/h2-14H,15H2,1H3/q+1. The van der Waals surface area contributed by atoms with E-state index in [0.717, 1.165) is 6.54 Å². The van der Waals surface area contributed by atoms with Crippen LogP contribution in [0, 0.1) is 6.92 Å². The zero-order chi connectivity index (χ0) is 14.9. The fourth-order valence-corrected chi connectivity index (χ4v) is 3.14. The van der Waals surface area contributed by atoms with Crippen LogP contribution in [0.4, 0.5) is 0 Å². The number of benzene rings is 3. The number of aromatic nitrogens is 1. The summed E-state index contributed by atoms with van der Waals surface area (Å²) in [5.74, 6) is 0. The lowest BCUT2D eigenvalue weighted by atomic mass is 10.0. The van der Waals surface area contributed by atoms with Crippen LogP contribution in [0.15, 0.2) is 79.0 Å². The Morgan fingerprint density at radius 1 is 0.727 bits per heavy atom. The fourth-order valence-electron chi connectivity index (χ4n) is 3.14. The van der Waals surface area contributed by atoms with E-state index in [0.29, 0.717) is 0 Å². The summed E-state index contributed by atoms with van der Waals surface area (Å²) in [7, 11) is 0. The molecule has 1 aromatic heterocycles. The molecule has 1 nitrogen and oxygen atoms in total. The molecule has 22 heavy (non-hydrogen) atoms. The molecule has 106 valence electrons. The molecule has 0 aliphatic carbocycles. The maximum Gasteiger partial charge on any atom is 0.213 e. The summed E-state index contributed by atoms with van der Waals surface area (Å²) in [5.41, 5.74) is 3.99. The molecular formula is C21H18N+. The first-order valence-electron chi connectivity index (χ1n) is 7.67. The molecule has 0 saturated heterocycles. The van der Waals surface area contributed by atoms with Gasteiger partial charge in [-0.05, 0) is 35.4 Å². The van der Waals surface area contributed by atoms with Gasteiger partial charge in [-0.25, -0.2) is 0 Å². The van der Waals surface area contributed by atoms with Crippen LogP contribution in [0.3, 0.4) is 0 Å². The average molecular weight is 284 g/mol. The van der Waals surface area contributed by atoms with Gasteiger partial charge in [-0.1, -0.05) is 48.5 Å². The number of pyridine rings is 1. The number of hydrogen-bond acceptors (Lipinski definition) is 0. The van der Waals surface area contributed by atoms with Crippen molar-refractivity contribution in [1.29, 1.82) is 0 Å². The van der Waals surface area contributed by atoms with Crippen molar-refractivity contribution in [2.75, 3.05) is 0 Å². The molecule has 1 heterocycles. The van der Waals surface area contributed by atoms with Crippen LogP contribution in [0.2, 0.25) is 0 Å². The molecule has 0 spiro atoms. The summed E-state index contributed by atoms with van der Waals surface area (Å²) in [4.78, 5) is 0. The molecule has 0 unspecified atom stereocenters. The summed E-state index contributed by atoms with van der Waals surface area (Å²) in [6, 6.07) is 26.0. The van der Waals surface area contributed by atoms with Crippen molar-refractivity contribution in [2.24, 2.45) is 0 Å². The van der Waals surface area contributed by atoms with Crippen LogP contribution in [0.25, 0.3) is 21.7 Å². The SMILES string of the molecule is Cc1ccccc1C[n+]1cccc2c3ccccc3ccc21. The molecule has 0 saturated carbocycles. The van der Waals surface area contributed by atoms with Crippen LogP contribution in [-0.4, -0.2) is 0 Å². The van der Waals surface area contributed by atoms with Crippen molar-refractivity contribution in [3.05, 3.63) is 90.1 Å². The lowest BCUT2D eigenvalue weighted by molar-refractivity contribution is -0.662. The Morgan fingerprint density at radius 3 is 2.41 bits per heavy atom. The third-order valence-electron chi connectivity index (χ3n) is 4.39. The van der Waals surface area contributed by atoms with E-state index in [1.807, 2.05) is 0 Å². The summed E-state index contributed by atoms with van der Waals surface area (Å²) in [6.07, 6.45) is 2.17. The summed E-state index contributed by atoms with van der Waals surface area (Å²) in [6.45, 7) is 3.08. The van der Waals surface area contributed by atoms with Gasteiger partial charge in [0.1, 0.15) is 0 Å². The Kier molecular flexibility index (Phi) is 3.12. The molecule has 0 bridgehead atoms. The van der Waals surface area contributed by atoms with Crippen LogP contribution in [0.5, 0.6) is 0 Å². The first kappa shape index (κ1) is 13.0. The summed E-state index contributed by atoms with van der Waals surface area (Å²) >= 11 is 0. The third-order valence-corrected chi connectivity index (χ3v) is 4.39. The number of nitrogens with zero attached hydrogens (tertiary/aromatic N) is 1. The quantitative estimate of drug-likeness (QED) is 0.373. The minimum Gasteiger partial charge on any atom is -0.194 e. The molecule has 0 N–H and O–H groups in total. The summed E-state index contributed by atoms with van der Waals surface area (Å²) in [5, 5.41) is 3.93. The number of aryl methyl sites for hydroxylation is 1. The number of rotatable bonds is 2. The van der Waals surface area contributed by atoms with Crippen LogP contribution < -0.4 is 4.57 Å². The van der Waals surface area contributed by atoms with Gasteiger partial charge >= 0.3 is 0 Å². The van der Waals surface area contributed by atoms with Crippen LogP contribution in [-0.2, 0) is 6.54 Å². The highest BCUT2D eigenvalue weighted by Gasteiger charge is 2.12. The second kappa shape index (κ2) is 5.27. The van der Waals surface area contributed by atoms with Gasteiger partial charge < -0.3 is 0 Å². The van der Waals surface area contributed by atoms with Gasteiger partial charge in [-0.2, -0.15) is 4.57 Å². The normalized spacial score (nSPS) is 11.1. The van der Waals surface area contributed by atoms with E-state index in [4.69, 9.17) is 0 Å². The van der Waals surface area contributed by atoms with Gasteiger partial charge in [-0.15, -0.1) is 0 Å². The number of hydrogen-bond donors (Lipinski definition) is 0. The second-order valence-corrected chi connectivity index (χ2v) is 5.78. The molecule has 0 aliphatic rings. The minimum atomic E-state index is 0.905. The Balaban J connectivity index is 1.92. The zero-order valence-electron chi connectivity index (χ0n) is 12.7. The molecule has 0 fully saturated rings.